The van der Waals surface area contributed by atoms with Crippen molar-refractivity contribution < 1.29 is 9.21 Å². The number of oxazole rings is 1. The first-order valence-electron chi connectivity index (χ1n) is 5.74. The maximum atomic E-state index is 11.4. The molecule has 0 radical (unpaired) electrons. The van der Waals surface area contributed by atoms with E-state index < -0.39 is 0 Å². The number of aromatic nitrogens is 1. The molecule has 0 aliphatic carbocycles. The molecule has 6 heteroatoms. The number of rotatable bonds is 6. The summed E-state index contributed by atoms with van der Waals surface area (Å²) in [5.74, 6) is 0.581. The Kier molecular flexibility index (Phi) is 4.49. The van der Waals surface area contributed by atoms with Crippen molar-refractivity contribution in [2.45, 2.75) is 19.4 Å². The van der Waals surface area contributed by atoms with Gasteiger partial charge in [-0.05, 0) is 24.4 Å². The van der Waals surface area contributed by atoms with Crippen LogP contribution in [0.15, 0.2) is 28.2 Å². The molecule has 18 heavy (non-hydrogen) atoms. The number of nitrogens with one attached hydrogen (secondary N) is 1. The van der Waals surface area contributed by atoms with Crippen molar-refractivity contribution in [3.63, 3.8) is 0 Å². The number of carbonyl (C=O) groups excluding carboxylic acids is 1. The van der Waals surface area contributed by atoms with Gasteiger partial charge in [0.05, 0.1) is 17.1 Å². The molecule has 2 aromatic heterocycles. The summed E-state index contributed by atoms with van der Waals surface area (Å²) in [4.78, 5) is 16.7. The predicted molar refractivity (Wildman–Crippen MR) is 70.0 cm³/mol. The van der Waals surface area contributed by atoms with Crippen LogP contribution in [0.2, 0.25) is 0 Å². The lowest BCUT2D eigenvalue weighted by molar-refractivity contribution is -0.121. The Morgan fingerprint density at radius 3 is 3.17 bits per heavy atom. The smallest absolute Gasteiger partial charge is 0.236 e. The summed E-state index contributed by atoms with van der Waals surface area (Å²) in [6.45, 7) is 0.915. The van der Waals surface area contributed by atoms with Crippen LogP contribution >= 0.6 is 11.3 Å². The normalized spacial score (nSPS) is 10.5. The highest BCUT2D eigenvalue weighted by molar-refractivity contribution is 7.13. The van der Waals surface area contributed by atoms with Crippen LogP contribution in [0.25, 0.3) is 10.8 Å². The van der Waals surface area contributed by atoms with Crippen LogP contribution in [-0.4, -0.2) is 17.4 Å². The number of thiophene rings is 1. The standard InChI is InChI=1S/C12H15N3O2S/c13-5-1-4-11(16)14-7-9-8-17-12(15-9)10-3-2-6-18-10/h2-3,6,8H,1,4-5,7,13H2,(H,14,16). The monoisotopic (exact) mass is 265 g/mol. The van der Waals surface area contributed by atoms with E-state index in [0.717, 1.165) is 10.6 Å². The third-order valence-corrected chi connectivity index (χ3v) is 3.22. The fraction of sp³-hybridized carbons (Fsp3) is 0.333. The van der Waals surface area contributed by atoms with E-state index in [4.69, 9.17) is 10.2 Å². The van der Waals surface area contributed by atoms with Gasteiger partial charge in [-0.1, -0.05) is 6.07 Å². The molecular weight excluding hydrogens is 250 g/mol. The van der Waals surface area contributed by atoms with Crippen LogP contribution in [0.1, 0.15) is 18.5 Å². The van der Waals surface area contributed by atoms with E-state index in [1.807, 2.05) is 17.5 Å². The second-order valence-electron chi connectivity index (χ2n) is 3.79. The molecule has 2 heterocycles. The van der Waals surface area contributed by atoms with E-state index in [2.05, 4.69) is 10.3 Å². The van der Waals surface area contributed by atoms with Gasteiger partial charge >= 0.3 is 0 Å². The van der Waals surface area contributed by atoms with Crippen molar-refractivity contribution >= 4 is 17.2 Å². The maximum Gasteiger partial charge on any atom is 0.236 e. The molecule has 0 saturated carbocycles. The molecule has 2 rings (SSSR count). The lowest BCUT2D eigenvalue weighted by atomic mass is 10.3. The number of carbonyl (C=O) groups is 1. The zero-order chi connectivity index (χ0) is 12.8. The Morgan fingerprint density at radius 1 is 1.56 bits per heavy atom. The summed E-state index contributed by atoms with van der Waals surface area (Å²) >= 11 is 1.57. The van der Waals surface area contributed by atoms with E-state index in [1.54, 1.807) is 17.6 Å². The molecule has 0 bridgehead atoms. The first kappa shape index (κ1) is 12.8. The number of hydrogen-bond acceptors (Lipinski definition) is 5. The average Bonchev–Trinajstić information content (AvgIpc) is 3.03. The summed E-state index contributed by atoms with van der Waals surface area (Å²) in [6.07, 6.45) is 2.72. The zero-order valence-electron chi connectivity index (χ0n) is 9.89. The van der Waals surface area contributed by atoms with Crippen LogP contribution < -0.4 is 11.1 Å². The molecule has 0 atom stereocenters. The van der Waals surface area contributed by atoms with Gasteiger partial charge in [0.1, 0.15) is 6.26 Å². The van der Waals surface area contributed by atoms with E-state index in [0.29, 0.717) is 31.8 Å². The quantitative estimate of drug-likeness (QED) is 0.834. The molecule has 0 unspecified atom stereocenters. The molecule has 0 aromatic carbocycles. The minimum Gasteiger partial charge on any atom is -0.443 e. The molecule has 0 aliphatic heterocycles. The minimum atomic E-state index is -0.0128. The average molecular weight is 265 g/mol. The molecule has 96 valence electrons. The Labute approximate surface area is 109 Å². The SMILES string of the molecule is NCCCC(=O)NCc1coc(-c2cccs2)n1. The van der Waals surface area contributed by atoms with Crippen molar-refractivity contribution in [3.05, 3.63) is 29.5 Å². The number of nitrogens with two attached hydrogens (primary N) is 1. The van der Waals surface area contributed by atoms with E-state index in [1.165, 1.54) is 0 Å². The van der Waals surface area contributed by atoms with Gasteiger partial charge in [0.2, 0.25) is 11.8 Å². The van der Waals surface area contributed by atoms with Crippen LogP contribution in [0.3, 0.4) is 0 Å². The van der Waals surface area contributed by atoms with Crippen LogP contribution in [0.4, 0.5) is 0 Å². The number of nitrogens with zero attached hydrogens (tertiary/aromatic N) is 1. The Morgan fingerprint density at radius 2 is 2.44 bits per heavy atom. The van der Waals surface area contributed by atoms with Crippen molar-refractivity contribution in [2.24, 2.45) is 5.73 Å². The van der Waals surface area contributed by atoms with Crippen molar-refractivity contribution in [1.29, 1.82) is 0 Å². The van der Waals surface area contributed by atoms with Crippen LogP contribution in [0, 0.1) is 0 Å². The van der Waals surface area contributed by atoms with Gasteiger partial charge in [-0.3, -0.25) is 4.79 Å². The summed E-state index contributed by atoms with van der Waals surface area (Å²) in [6, 6.07) is 3.89. The maximum absolute atomic E-state index is 11.4. The topological polar surface area (TPSA) is 81.2 Å². The van der Waals surface area contributed by atoms with Crippen molar-refractivity contribution in [3.8, 4) is 10.8 Å². The molecule has 3 N–H and O–H groups in total. The Hall–Kier alpha value is -1.66. The fourth-order valence-electron chi connectivity index (χ4n) is 1.44. The van der Waals surface area contributed by atoms with Crippen molar-refractivity contribution in [2.75, 3.05) is 6.54 Å². The lowest BCUT2D eigenvalue weighted by Gasteiger charge is -2.01. The van der Waals surface area contributed by atoms with Gasteiger partial charge in [-0.2, -0.15) is 0 Å². The largest absolute Gasteiger partial charge is 0.443 e. The highest BCUT2D eigenvalue weighted by Crippen LogP contribution is 2.23. The third kappa shape index (κ3) is 3.41. The van der Waals surface area contributed by atoms with Gasteiger partial charge < -0.3 is 15.5 Å². The molecule has 0 fully saturated rings. The third-order valence-electron chi connectivity index (χ3n) is 2.36. The van der Waals surface area contributed by atoms with Gasteiger partial charge in [-0.15, -0.1) is 11.3 Å². The number of hydrogen-bond donors (Lipinski definition) is 2. The van der Waals surface area contributed by atoms with Gasteiger partial charge in [0.15, 0.2) is 0 Å². The molecule has 0 aliphatic rings. The molecule has 0 spiro atoms. The molecule has 1 amide bonds. The summed E-state index contributed by atoms with van der Waals surface area (Å²) < 4.78 is 5.35. The van der Waals surface area contributed by atoms with Crippen LogP contribution in [-0.2, 0) is 11.3 Å². The number of amides is 1. The van der Waals surface area contributed by atoms with Gasteiger partial charge in [-0.25, -0.2) is 4.98 Å². The minimum absolute atomic E-state index is 0.0128. The predicted octanol–water partition coefficient (Wildman–Crippen LogP) is 1.76. The van der Waals surface area contributed by atoms with E-state index in [9.17, 15) is 4.79 Å². The van der Waals surface area contributed by atoms with Gasteiger partial charge in [0.25, 0.3) is 0 Å². The van der Waals surface area contributed by atoms with E-state index >= 15 is 0 Å². The summed E-state index contributed by atoms with van der Waals surface area (Å²) in [5, 5.41) is 4.74. The fourth-order valence-corrected chi connectivity index (χ4v) is 2.10. The summed E-state index contributed by atoms with van der Waals surface area (Å²) in [5.41, 5.74) is 6.06. The lowest BCUT2D eigenvalue weighted by Crippen LogP contribution is -2.23. The molecule has 5 nitrogen and oxygen atoms in total. The highest BCUT2D eigenvalue weighted by atomic mass is 32.1. The van der Waals surface area contributed by atoms with Gasteiger partial charge in [0, 0.05) is 6.42 Å². The highest BCUT2D eigenvalue weighted by Gasteiger charge is 2.08. The second-order valence-corrected chi connectivity index (χ2v) is 4.74. The molecule has 2 aromatic rings. The first-order valence-corrected chi connectivity index (χ1v) is 6.62. The Balaban J connectivity index is 1.86. The zero-order valence-corrected chi connectivity index (χ0v) is 10.7. The van der Waals surface area contributed by atoms with Crippen molar-refractivity contribution in [1.82, 2.24) is 10.3 Å². The van der Waals surface area contributed by atoms with E-state index in [-0.39, 0.29) is 5.91 Å². The first-order chi connectivity index (χ1) is 8.79. The summed E-state index contributed by atoms with van der Waals surface area (Å²) in [7, 11) is 0. The molecule has 0 saturated heterocycles. The van der Waals surface area contributed by atoms with Crippen LogP contribution in [0.5, 0.6) is 0 Å². The second kappa shape index (κ2) is 6.32. The Bertz CT molecular complexity index is 493. The molecular formula is C12H15N3O2S.